The van der Waals surface area contributed by atoms with E-state index in [1.54, 1.807) is 12.1 Å². The number of rotatable bonds is 2. The molecule has 2 N–H and O–H groups in total. The molecule has 0 unspecified atom stereocenters. The first kappa shape index (κ1) is 10.2. The van der Waals surface area contributed by atoms with Gasteiger partial charge in [0.2, 0.25) is 5.91 Å². The molecule has 3 nitrogen and oxygen atoms in total. The van der Waals surface area contributed by atoms with E-state index in [2.05, 4.69) is 22.6 Å². The maximum atomic E-state index is 10.9. The molecule has 0 radical (unpaired) electrons. The fraction of sp³-hybridized carbons (Fsp3) is 0.111. The molecule has 0 atom stereocenters. The van der Waals surface area contributed by atoms with Crippen LogP contribution in [0.15, 0.2) is 12.1 Å². The van der Waals surface area contributed by atoms with Crippen LogP contribution in [0.4, 0.5) is 0 Å². The van der Waals surface area contributed by atoms with Gasteiger partial charge in [0.25, 0.3) is 0 Å². The third-order valence-corrected chi connectivity index (χ3v) is 2.89. The fourth-order valence-electron chi connectivity index (χ4n) is 1.01. The molecule has 0 saturated heterocycles. The molecule has 1 aromatic rings. The molecule has 0 aliphatic rings. The second-order valence-electron chi connectivity index (χ2n) is 2.67. The SMILES string of the molecule is Cc1cc(C=O)c(C(N)=O)cc1I. The predicted molar refractivity (Wildman–Crippen MR) is 57.8 cm³/mol. The Labute approximate surface area is 89.5 Å². The van der Waals surface area contributed by atoms with Gasteiger partial charge in [-0.25, -0.2) is 0 Å². The third kappa shape index (κ3) is 2.06. The molecule has 4 heteroatoms. The van der Waals surface area contributed by atoms with Crippen LogP contribution in [0.1, 0.15) is 26.3 Å². The number of carbonyl (C=O) groups is 2. The standard InChI is InChI=1S/C9H8INO2/c1-5-2-6(4-12)7(9(11)13)3-8(5)10/h2-4H,1H3,(H2,11,13). The van der Waals surface area contributed by atoms with Crippen LogP contribution in [0.3, 0.4) is 0 Å². The van der Waals surface area contributed by atoms with Crippen LogP contribution in [-0.4, -0.2) is 12.2 Å². The summed E-state index contributed by atoms with van der Waals surface area (Å²) in [5, 5.41) is 0. The van der Waals surface area contributed by atoms with Gasteiger partial charge in [0.05, 0.1) is 5.56 Å². The lowest BCUT2D eigenvalue weighted by molar-refractivity contribution is 0.0993. The molecular weight excluding hydrogens is 281 g/mol. The van der Waals surface area contributed by atoms with E-state index in [1.165, 1.54) is 0 Å². The number of hydrogen-bond donors (Lipinski definition) is 1. The molecule has 0 aromatic heterocycles. The van der Waals surface area contributed by atoms with Crippen molar-refractivity contribution in [2.45, 2.75) is 6.92 Å². The number of hydrogen-bond acceptors (Lipinski definition) is 2. The van der Waals surface area contributed by atoms with Gasteiger partial charge in [0, 0.05) is 9.13 Å². The van der Waals surface area contributed by atoms with Crippen LogP contribution in [0.2, 0.25) is 0 Å². The van der Waals surface area contributed by atoms with E-state index >= 15 is 0 Å². The zero-order valence-electron chi connectivity index (χ0n) is 7.00. The first-order valence-corrected chi connectivity index (χ1v) is 4.69. The molecule has 0 aliphatic heterocycles. The quantitative estimate of drug-likeness (QED) is 0.662. The second kappa shape index (κ2) is 3.87. The minimum absolute atomic E-state index is 0.282. The highest BCUT2D eigenvalue weighted by Crippen LogP contribution is 2.16. The van der Waals surface area contributed by atoms with Crippen LogP contribution in [0, 0.1) is 10.5 Å². The molecule has 0 spiro atoms. The van der Waals surface area contributed by atoms with Gasteiger partial charge in [-0.3, -0.25) is 9.59 Å². The molecular formula is C9H8INO2. The molecule has 1 aromatic carbocycles. The summed E-state index contributed by atoms with van der Waals surface area (Å²) < 4.78 is 0.928. The summed E-state index contributed by atoms with van der Waals surface area (Å²) in [6.07, 6.45) is 0.642. The van der Waals surface area contributed by atoms with Crippen LogP contribution in [0.25, 0.3) is 0 Å². The monoisotopic (exact) mass is 289 g/mol. The normalized spacial score (nSPS) is 9.69. The van der Waals surface area contributed by atoms with Crippen LogP contribution < -0.4 is 5.73 Å². The lowest BCUT2D eigenvalue weighted by atomic mass is 10.1. The van der Waals surface area contributed by atoms with E-state index in [9.17, 15) is 9.59 Å². The van der Waals surface area contributed by atoms with Gasteiger partial charge in [0.15, 0.2) is 6.29 Å². The Morgan fingerprint density at radius 3 is 2.62 bits per heavy atom. The average Bonchev–Trinajstić information content (AvgIpc) is 2.08. The van der Waals surface area contributed by atoms with Crippen LogP contribution >= 0.6 is 22.6 Å². The summed E-state index contributed by atoms with van der Waals surface area (Å²) in [5.74, 6) is -0.569. The predicted octanol–water partition coefficient (Wildman–Crippen LogP) is 1.51. The Morgan fingerprint density at radius 2 is 2.15 bits per heavy atom. The lowest BCUT2D eigenvalue weighted by Crippen LogP contribution is -2.14. The summed E-state index contributed by atoms with van der Waals surface area (Å²) in [6, 6.07) is 3.29. The maximum absolute atomic E-state index is 10.9. The zero-order valence-corrected chi connectivity index (χ0v) is 9.16. The fourth-order valence-corrected chi connectivity index (χ4v) is 1.48. The number of nitrogens with two attached hydrogens (primary N) is 1. The summed E-state index contributed by atoms with van der Waals surface area (Å²) in [5.41, 5.74) is 6.71. The number of benzene rings is 1. The van der Waals surface area contributed by atoms with Crippen molar-refractivity contribution in [2.24, 2.45) is 5.73 Å². The smallest absolute Gasteiger partial charge is 0.249 e. The Morgan fingerprint density at radius 1 is 1.54 bits per heavy atom. The summed E-state index contributed by atoms with van der Waals surface area (Å²) in [6.45, 7) is 1.87. The van der Waals surface area contributed by atoms with Crippen LogP contribution in [-0.2, 0) is 0 Å². The Hall–Kier alpha value is -0.910. The number of halogens is 1. The van der Waals surface area contributed by atoms with Crippen molar-refractivity contribution in [2.75, 3.05) is 0 Å². The van der Waals surface area contributed by atoms with E-state index < -0.39 is 5.91 Å². The highest BCUT2D eigenvalue weighted by Gasteiger charge is 2.09. The van der Waals surface area contributed by atoms with E-state index in [1.807, 2.05) is 6.92 Å². The first-order valence-electron chi connectivity index (χ1n) is 3.61. The summed E-state index contributed by atoms with van der Waals surface area (Å²) in [4.78, 5) is 21.5. The maximum Gasteiger partial charge on any atom is 0.249 e. The second-order valence-corrected chi connectivity index (χ2v) is 3.83. The van der Waals surface area contributed by atoms with Crippen molar-refractivity contribution in [3.63, 3.8) is 0 Å². The van der Waals surface area contributed by atoms with Gasteiger partial charge >= 0.3 is 0 Å². The van der Waals surface area contributed by atoms with Crippen LogP contribution in [0.5, 0.6) is 0 Å². The molecule has 0 fully saturated rings. The Kier molecular flexibility index (Phi) is 3.02. The molecule has 0 saturated carbocycles. The highest BCUT2D eigenvalue weighted by molar-refractivity contribution is 14.1. The van der Waals surface area contributed by atoms with E-state index in [0.717, 1.165) is 9.13 Å². The molecule has 13 heavy (non-hydrogen) atoms. The Bertz CT molecular complexity index is 374. The topological polar surface area (TPSA) is 60.2 Å². The van der Waals surface area contributed by atoms with Crippen molar-refractivity contribution in [1.82, 2.24) is 0 Å². The van der Waals surface area contributed by atoms with Crippen molar-refractivity contribution in [1.29, 1.82) is 0 Å². The van der Waals surface area contributed by atoms with Gasteiger partial charge < -0.3 is 5.73 Å². The van der Waals surface area contributed by atoms with Gasteiger partial charge in [-0.15, -0.1) is 0 Å². The third-order valence-electron chi connectivity index (χ3n) is 1.72. The largest absolute Gasteiger partial charge is 0.366 e. The summed E-state index contributed by atoms with van der Waals surface area (Å²) >= 11 is 2.09. The van der Waals surface area contributed by atoms with Gasteiger partial charge in [-0.2, -0.15) is 0 Å². The van der Waals surface area contributed by atoms with Gasteiger partial charge in [-0.1, -0.05) is 0 Å². The number of aldehydes is 1. The van der Waals surface area contributed by atoms with Crippen molar-refractivity contribution >= 4 is 34.8 Å². The van der Waals surface area contributed by atoms with E-state index in [0.29, 0.717) is 11.8 Å². The van der Waals surface area contributed by atoms with Gasteiger partial charge in [-0.05, 0) is 47.2 Å². The van der Waals surface area contributed by atoms with Crippen molar-refractivity contribution < 1.29 is 9.59 Å². The van der Waals surface area contributed by atoms with Crippen molar-refractivity contribution in [3.8, 4) is 0 Å². The number of primary amides is 1. The number of carbonyl (C=O) groups excluding carboxylic acids is 2. The van der Waals surface area contributed by atoms with Crippen molar-refractivity contribution in [3.05, 3.63) is 32.4 Å². The molecule has 1 amide bonds. The lowest BCUT2D eigenvalue weighted by Gasteiger charge is -2.03. The zero-order chi connectivity index (χ0) is 10.0. The molecule has 0 bridgehead atoms. The Balaban J connectivity index is 3.41. The molecule has 0 heterocycles. The number of amides is 1. The van der Waals surface area contributed by atoms with Gasteiger partial charge in [0.1, 0.15) is 0 Å². The minimum Gasteiger partial charge on any atom is -0.366 e. The average molecular weight is 289 g/mol. The highest BCUT2D eigenvalue weighted by atomic mass is 127. The van der Waals surface area contributed by atoms with E-state index in [4.69, 9.17) is 5.73 Å². The molecule has 1 rings (SSSR count). The molecule has 68 valence electrons. The summed E-state index contributed by atoms with van der Waals surface area (Å²) in [7, 11) is 0. The van der Waals surface area contributed by atoms with E-state index in [-0.39, 0.29) is 5.56 Å². The first-order chi connectivity index (χ1) is 6.06. The minimum atomic E-state index is -0.569. The number of aryl methyl sites for hydroxylation is 1. The molecule has 0 aliphatic carbocycles.